The van der Waals surface area contributed by atoms with Crippen molar-refractivity contribution in [2.75, 3.05) is 13.1 Å². The zero-order valence-electron chi connectivity index (χ0n) is 15.2. The number of carbonyl (C=O) groups is 1. The summed E-state index contributed by atoms with van der Waals surface area (Å²) in [5, 5.41) is 3.69. The number of hydrogen-bond donors (Lipinski definition) is 1. The second-order valence-corrected chi connectivity index (χ2v) is 8.13. The first-order chi connectivity index (χ1) is 11.4. The molecule has 1 N–H and O–H groups in total. The second-order valence-electron chi connectivity index (χ2n) is 8.13. The van der Waals surface area contributed by atoms with Crippen LogP contribution in [-0.2, 0) is 11.3 Å². The molecule has 0 spiro atoms. The lowest BCUT2D eigenvalue weighted by Crippen LogP contribution is -2.45. The second kappa shape index (κ2) is 7.24. The van der Waals surface area contributed by atoms with E-state index in [0.29, 0.717) is 11.6 Å². The molecular weight excluding hydrogens is 300 g/mol. The first kappa shape index (κ1) is 17.4. The summed E-state index contributed by atoms with van der Waals surface area (Å²) in [5.41, 5.74) is 1.39. The molecular formula is C20H30N2O2. The van der Waals surface area contributed by atoms with Gasteiger partial charge >= 0.3 is 5.97 Å². The van der Waals surface area contributed by atoms with Gasteiger partial charge in [-0.25, -0.2) is 4.79 Å². The van der Waals surface area contributed by atoms with Crippen molar-refractivity contribution >= 4 is 5.97 Å². The standard InChI is InChI=1S/C20H30N2O2/c1-20(2,3)24-19(23)16-8-6-15(7-9-16)14-21-17-10-12-22-11-4-5-18(22)13-17/h6-9,17-18,21H,4-5,10-14H2,1-3H3. The third kappa shape index (κ3) is 4.58. The number of carbonyl (C=O) groups excluding carboxylic acids is 1. The van der Waals surface area contributed by atoms with Crippen LogP contribution in [0.2, 0.25) is 0 Å². The maximum atomic E-state index is 12.0. The number of rotatable bonds is 4. The maximum absolute atomic E-state index is 12.0. The number of benzene rings is 1. The van der Waals surface area contributed by atoms with Crippen LogP contribution < -0.4 is 5.32 Å². The van der Waals surface area contributed by atoms with Gasteiger partial charge in [-0.05, 0) is 77.2 Å². The van der Waals surface area contributed by atoms with E-state index in [1.807, 2.05) is 45.0 Å². The smallest absolute Gasteiger partial charge is 0.338 e. The molecule has 132 valence electrons. The lowest BCUT2D eigenvalue weighted by molar-refractivity contribution is 0.00695. The van der Waals surface area contributed by atoms with Crippen molar-refractivity contribution in [1.82, 2.24) is 10.2 Å². The van der Waals surface area contributed by atoms with E-state index in [4.69, 9.17) is 4.74 Å². The Hall–Kier alpha value is -1.39. The minimum atomic E-state index is -0.452. The van der Waals surface area contributed by atoms with Crippen LogP contribution in [0.5, 0.6) is 0 Å². The predicted octanol–water partition coefficient (Wildman–Crippen LogP) is 3.36. The van der Waals surface area contributed by atoms with E-state index in [9.17, 15) is 4.79 Å². The topological polar surface area (TPSA) is 41.6 Å². The van der Waals surface area contributed by atoms with E-state index in [-0.39, 0.29) is 5.97 Å². The molecule has 2 unspecified atom stereocenters. The van der Waals surface area contributed by atoms with Crippen LogP contribution in [0.25, 0.3) is 0 Å². The maximum Gasteiger partial charge on any atom is 0.338 e. The van der Waals surface area contributed by atoms with Gasteiger partial charge in [0.25, 0.3) is 0 Å². The Kier molecular flexibility index (Phi) is 5.26. The van der Waals surface area contributed by atoms with Crippen LogP contribution in [0.15, 0.2) is 24.3 Å². The van der Waals surface area contributed by atoms with Gasteiger partial charge < -0.3 is 15.0 Å². The van der Waals surface area contributed by atoms with Crippen LogP contribution in [0.3, 0.4) is 0 Å². The van der Waals surface area contributed by atoms with E-state index >= 15 is 0 Å². The average Bonchev–Trinajstić information content (AvgIpc) is 2.99. The zero-order chi connectivity index (χ0) is 17.2. The molecule has 0 radical (unpaired) electrons. The summed E-state index contributed by atoms with van der Waals surface area (Å²) in [7, 11) is 0. The van der Waals surface area contributed by atoms with Crippen molar-refractivity contribution < 1.29 is 9.53 Å². The molecule has 2 heterocycles. The Bertz CT molecular complexity index is 562. The van der Waals surface area contributed by atoms with Crippen molar-refractivity contribution in [3.05, 3.63) is 35.4 Å². The Morgan fingerprint density at radius 1 is 1.21 bits per heavy atom. The van der Waals surface area contributed by atoms with E-state index in [1.54, 1.807) is 0 Å². The number of esters is 1. The Labute approximate surface area is 145 Å². The molecule has 4 heteroatoms. The van der Waals surface area contributed by atoms with E-state index in [2.05, 4.69) is 10.2 Å². The van der Waals surface area contributed by atoms with E-state index in [1.165, 1.54) is 44.3 Å². The summed E-state index contributed by atoms with van der Waals surface area (Å²) in [6.45, 7) is 9.06. The number of fused-ring (bicyclic) bond motifs is 1. The Morgan fingerprint density at radius 2 is 1.96 bits per heavy atom. The SMILES string of the molecule is CC(C)(C)OC(=O)c1ccc(CNC2CCN3CCCC3C2)cc1. The van der Waals surface area contributed by atoms with Crippen LogP contribution in [0, 0.1) is 0 Å². The minimum absolute atomic E-state index is 0.254. The first-order valence-corrected chi connectivity index (χ1v) is 9.20. The number of ether oxygens (including phenoxy) is 1. The van der Waals surface area contributed by atoms with Crippen molar-refractivity contribution in [2.24, 2.45) is 0 Å². The van der Waals surface area contributed by atoms with Gasteiger partial charge in [-0.3, -0.25) is 0 Å². The van der Waals surface area contributed by atoms with Gasteiger partial charge in [0.15, 0.2) is 0 Å². The fraction of sp³-hybridized carbons (Fsp3) is 0.650. The minimum Gasteiger partial charge on any atom is -0.456 e. The number of nitrogens with zero attached hydrogens (tertiary/aromatic N) is 1. The van der Waals surface area contributed by atoms with Gasteiger partial charge in [0.05, 0.1) is 5.56 Å². The molecule has 0 aliphatic carbocycles. The number of nitrogens with one attached hydrogen (secondary N) is 1. The average molecular weight is 330 g/mol. The summed E-state index contributed by atoms with van der Waals surface area (Å²) in [6.07, 6.45) is 5.24. The highest BCUT2D eigenvalue weighted by Gasteiger charge is 2.31. The lowest BCUT2D eigenvalue weighted by Gasteiger charge is -2.35. The van der Waals surface area contributed by atoms with Crippen molar-refractivity contribution in [2.45, 2.75) is 70.7 Å². The fourth-order valence-electron chi connectivity index (χ4n) is 3.77. The summed E-state index contributed by atoms with van der Waals surface area (Å²) in [5.74, 6) is -0.254. The van der Waals surface area contributed by atoms with Crippen LogP contribution in [0.4, 0.5) is 0 Å². The molecule has 2 fully saturated rings. The lowest BCUT2D eigenvalue weighted by atomic mass is 9.97. The van der Waals surface area contributed by atoms with Gasteiger partial charge in [-0.15, -0.1) is 0 Å². The van der Waals surface area contributed by atoms with Gasteiger partial charge in [0.2, 0.25) is 0 Å². The van der Waals surface area contributed by atoms with Gasteiger partial charge in [-0.2, -0.15) is 0 Å². The first-order valence-electron chi connectivity index (χ1n) is 9.20. The molecule has 0 saturated carbocycles. The normalized spacial score (nSPS) is 24.6. The largest absolute Gasteiger partial charge is 0.456 e. The van der Waals surface area contributed by atoms with Crippen LogP contribution in [-0.4, -0.2) is 41.6 Å². The van der Waals surface area contributed by atoms with Crippen LogP contribution >= 0.6 is 0 Å². The van der Waals surface area contributed by atoms with Gasteiger partial charge in [0, 0.05) is 18.6 Å². The molecule has 3 rings (SSSR count). The van der Waals surface area contributed by atoms with E-state index in [0.717, 1.165) is 12.6 Å². The number of hydrogen-bond acceptors (Lipinski definition) is 4. The quantitative estimate of drug-likeness (QED) is 0.860. The molecule has 2 aliphatic heterocycles. The summed E-state index contributed by atoms with van der Waals surface area (Å²) < 4.78 is 5.40. The highest BCUT2D eigenvalue weighted by Crippen LogP contribution is 2.27. The molecule has 2 aliphatic rings. The summed E-state index contributed by atoms with van der Waals surface area (Å²) in [6, 6.07) is 9.20. The molecule has 24 heavy (non-hydrogen) atoms. The van der Waals surface area contributed by atoms with Gasteiger partial charge in [-0.1, -0.05) is 12.1 Å². The Morgan fingerprint density at radius 3 is 2.67 bits per heavy atom. The molecule has 0 aromatic heterocycles. The fourth-order valence-corrected chi connectivity index (χ4v) is 3.77. The van der Waals surface area contributed by atoms with Crippen molar-refractivity contribution in [1.29, 1.82) is 0 Å². The third-order valence-corrected chi connectivity index (χ3v) is 5.00. The van der Waals surface area contributed by atoms with Crippen molar-refractivity contribution in [3.63, 3.8) is 0 Å². The highest BCUT2D eigenvalue weighted by molar-refractivity contribution is 5.89. The third-order valence-electron chi connectivity index (χ3n) is 5.00. The van der Waals surface area contributed by atoms with Crippen LogP contribution in [0.1, 0.15) is 62.4 Å². The molecule has 0 bridgehead atoms. The number of piperidine rings is 1. The van der Waals surface area contributed by atoms with Gasteiger partial charge in [0.1, 0.15) is 5.60 Å². The predicted molar refractivity (Wildman–Crippen MR) is 96.1 cm³/mol. The molecule has 1 aromatic carbocycles. The monoisotopic (exact) mass is 330 g/mol. The molecule has 0 amide bonds. The Balaban J connectivity index is 1.48. The summed E-state index contributed by atoms with van der Waals surface area (Å²) >= 11 is 0. The molecule has 1 aromatic rings. The van der Waals surface area contributed by atoms with Crippen molar-refractivity contribution in [3.8, 4) is 0 Å². The molecule has 4 nitrogen and oxygen atoms in total. The highest BCUT2D eigenvalue weighted by atomic mass is 16.6. The molecule has 2 saturated heterocycles. The summed E-state index contributed by atoms with van der Waals surface area (Å²) in [4.78, 5) is 14.7. The van der Waals surface area contributed by atoms with E-state index < -0.39 is 5.60 Å². The molecule has 2 atom stereocenters. The zero-order valence-corrected chi connectivity index (χ0v) is 15.2.